The maximum Gasteiger partial charge on any atom is 0.279 e. The Bertz CT molecular complexity index is 348. The van der Waals surface area contributed by atoms with Crippen LogP contribution in [0.4, 0.5) is 0 Å². The number of nitrogens with zero attached hydrogens (tertiary/aromatic N) is 1. The zero-order valence-electron chi connectivity index (χ0n) is 11.2. The largest absolute Gasteiger partial charge is 0.317 e. The minimum absolute atomic E-state index is 0.197. The fourth-order valence-corrected chi connectivity index (χ4v) is 4.03. The van der Waals surface area contributed by atoms with Crippen LogP contribution < -0.4 is 10.0 Å². The Morgan fingerprint density at radius 2 is 1.89 bits per heavy atom. The van der Waals surface area contributed by atoms with Crippen LogP contribution in [0.5, 0.6) is 0 Å². The predicted octanol–water partition coefficient (Wildman–Crippen LogP) is 0.695. The summed E-state index contributed by atoms with van der Waals surface area (Å²) >= 11 is 0. The molecule has 0 aromatic heterocycles. The molecule has 106 valence electrons. The van der Waals surface area contributed by atoms with Gasteiger partial charge in [-0.3, -0.25) is 0 Å². The molecule has 2 aliphatic rings. The average molecular weight is 275 g/mol. The maximum atomic E-state index is 12.2. The predicted molar refractivity (Wildman–Crippen MR) is 72.5 cm³/mol. The van der Waals surface area contributed by atoms with Gasteiger partial charge in [0, 0.05) is 19.1 Å². The Hall–Kier alpha value is -0.170. The van der Waals surface area contributed by atoms with E-state index in [1.807, 2.05) is 6.92 Å². The third-order valence-corrected chi connectivity index (χ3v) is 5.27. The number of hydrogen-bond acceptors (Lipinski definition) is 3. The molecule has 0 unspecified atom stereocenters. The smallest absolute Gasteiger partial charge is 0.279 e. The Kier molecular flexibility index (Phi) is 5.00. The minimum atomic E-state index is -3.26. The average Bonchev–Trinajstić information content (AvgIpc) is 3.13. The molecule has 2 fully saturated rings. The van der Waals surface area contributed by atoms with E-state index in [-0.39, 0.29) is 6.04 Å². The second-order valence-electron chi connectivity index (χ2n) is 5.45. The minimum Gasteiger partial charge on any atom is -0.317 e. The highest BCUT2D eigenvalue weighted by atomic mass is 32.2. The Morgan fingerprint density at radius 1 is 1.22 bits per heavy atom. The summed E-state index contributed by atoms with van der Waals surface area (Å²) < 4.78 is 28.9. The van der Waals surface area contributed by atoms with E-state index < -0.39 is 10.2 Å². The summed E-state index contributed by atoms with van der Waals surface area (Å²) in [6, 6.07) is 0.197. The molecule has 6 heteroatoms. The van der Waals surface area contributed by atoms with Gasteiger partial charge in [-0.15, -0.1) is 0 Å². The first kappa shape index (κ1) is 14.2. The Morgan fingerprint density at radius 3 is 2.44 bits per heavy atom. The highest BCUT2D eigenvalue weighted by molar-refractivity contribution is 7.87. The van der Waals surface area contributed by atoms with Gasteiger partial charge in [0.1, 0.15) is 0 Å². The number of hydrogen-bond donors (Lipinski definition) is 2. The second kappa shape index (κ2) is 6.32. The van der Waals surface area contributed by atoms with E-state index in [1.165, 1.54) is 0 Å². The van der Waals surface area contributed by atoms with Crippen molar-refractivity contribution in [2.24, 2.45) is 5.92 Å². The first-order valence-corrected chi connectivity index (χ1v) is 8.54. The van der Waals surface area contributed by atoms with E-state index in [0.717, 1.165) is 45.2 Å². The highest BCUT2D eigenvalue weighted by Crippen LogP contribution is 2.22. The first-order chi connectivity index (χ1) is 8.62. The van der Waals surface area contributed by atoms with E-state index in [2.05, 4.69) is 10.0 Å². The summed E-state index contributed by atoms with van der Waals surface area (Å²) in [5, 5.41) is 3.32. The fraction of sp³-hybridized carbons (Fsp3) is 1.00. The van der Waals surface area contributed by atoms with Gasteiger partial charge in [-0.1, -0.05) is 6.92 Å². The van der Waals surface area contributed by atoms with Crippen molar-refractivity contribution in [1.29, 1.82) is 0 Å². The maximum absolute atomic E-state index is 12.2. The van der Waals surface area contributed by atoms with E-state index in [0.29, 0.717) is 19.0 Å². The molecule has 0 bridgehead atoms. The van der Waals surface area contributed by atoms with Crippen LogP contribution in [-0.2, 0) is 10.2 Å². The van der Waals surface area contributed by atoms with Gasteiger partial charge in [-0.25, -0.2) is 0 Å². The van der Waals surface area contributed by atoms with Crippen LogP contribution in [0, 0.1) is 5.92 Å². The zero-order chi connectivity index (χ0) is 13.0. The van der Waals surface area contributed by atoms with Gasteiger partial charge in [-0.05, 0) is 51.1 Å². The third-order valence-electron chi connectivity index (χ3n) is 3.63. The standard InChI is InChI=1S/C12H25N3O2S/c1-2-9-15(10-11-5-7-13-8-6-11)18(16,17)14-12-3-4-12/h11-14H,2-10H2,1H3. The SMILES string of the molecule is CCCN(CC1CCNCC1)S(=O)(=O)NC1CC1. The van der Waals surface area contributed by atoms with Crippen LogP contribution in [0.3, 0.4) is 0 Å². The molecule has 18 heavy (non-hydrogen) atoms. The van der Waals surface area contributed by atoms with Crippen molar-refractivity contribution in [2.45, 2.75) is 45.1 Å². The zero-order valence-corrected chi connectivity index (χ0v) is 12.0. The van der Waals surface area contributed by atoms with Crippen molar-refractivity contribution in [3.63, 3.8) is 0 Å². The Labute approximate surface area is 110 Å². The van der Waals surface area contributed by atoms with Gasteiger partial charge in [-0.2, -0.15) is 17.4 Å². The third kappa shape index (κ3) is 4.19. The van der Waals surface area contributed by atoms with Gasteiger partial charge >= 0.3 is 0 Å². The van der Waals surface area contributed by atoms with Crippen LogP contribution in [0.1, 0.15) is 39.0 Å². The molecule has 1 heterocycles. The Balaban J connectivity index is 1.92. The molecule has 1 saturated heterocycles. The molecule has 0 atom stereocenters. The lowest BCUT2D eigenvalue weighted by molar-refractivity contribution is 0.285. The number of piperidine rings is 1. The van der Waals surface area contributed by atoms with E-state index >= 15 is 0 Å². The van der Waals surface area contributed by atoms with Gasteiger partial charge in [0.15, 0.2) is 0 Å². The van der Waals surface area contributed by atoms with Crippen LogP contribution in [0.25, 0.3) is 0 Å². The van der Waals surface area contributed by atoms with Crippen molar-refractivity contribution < 1.29 is 8.42 Å². The fourth-order valence-electron chi connectivity index (χ4n) is 2.40. The van der Waals surface area contributed by atoms with Crippen LogP contribution in [0.2, 0.25) is 0 Å². The molecule has 0 aromatic rings. The molecule has 0 aromatic carbocycles. The lowest BCUT2D eigenvalue weighted by Gasteiger charge is -2.29. The first-order valence-electron chi connectivity index (χ1n) is 7.10. The molecule has 1 aliphatic heterocycles. The molecule has 2 N–H and O–H groups in total. The van der Waals surface area contributed by atoms with Crippen molar-refractivity contribution in [3.05, 3.63) is 0 Å². The van der Waals surface area contributed by atoms with Crippen LogP contribution in [0.15, 0.2) is 0 Å². The topological polar surface area (TPSA) is 61.4 Å². The van der Waals surface area contributed by atoms with Crippen molar-refractivity contribution >= 4 is 10.2 Å². The van der Waals surface area contributed by atoms with Gasteiger partial charge < -0.3 is 5.32 Å². The summed E-state index contributed by atoms with van der Waals surface area (Å²) in [6.45, 7) is 5.37. The molecular weight excluding hydrogens is 250 g/mol. The molecule has 0 spiro atoms. The molecule has 1 aliphatic carbocycles. The second-order valence-corrected chi connectivity index (χ2v) is 7.15. The van der Waals surface area contributed by atoms with Crippen molar-refractivity contribution in [2.75, 3.05) is 26.2 Å². The van der Waals surface area contributed by atoms with Crippen LogP contribution >= 0.6 is 0 Å². The van der Waals surface area contributed by atoms with E-state index in [1.54, 1.807) is 4.31 Å². The number of nitrogens with one attached hydrogen (secondary N) is 2. The molecular formula is C12H25N3O2S. The summed E-state index contributed by atoms with van der Waals surface area (Å²) in [6.07, 6.45) is 5.02. The molecule has 1 saturated carbocycles. The van der Waals surface area contributed by atoms with Crippen molar-refractivity contribution in [3.8, 4) is 0 Å². The van der Waals surface area contributed by atoms with Gasteiger partial charge in [0.2, 0.25) is 0 Å². The molecule has 2 rings (SSSR count). The van der Waals surface area contributed by atoms with E-state index in [9.17, 15) is 8.42 Å². The molecule has 5 nitrogen and oxygen atoms in total. The summed E-state index contributed by atoms with van der Waals surface area (Å²) in [5.74, 6) is 0.508. The summed E-state index contributed by atoms with van der Waals surface area (Å²) in [7, 11) is -3.26. The lowest BCUT2D eigenvalue weighted by atomic mass is 9.98. The molecule has 0 radical (unpaired) electrons. The monoisotopic (exact) mass is 275 g/mol. The summed E-state index contributed by atoms with van der Waals surface area (Å²) in [4.78, 5) is 0. The van der Waals surface area contributed by atoms with Gasteiger partial charge in [0.05, 0.1) is 0 Å². The van der Waals surface area contributed by atoms with E-state index in [4.69, 9.17) is 0 Å². The van der Waals surface area contributed by atoms with Gasteiger partial charge in [0.25, 0.3) is 10.2 Å². The molecule has 0 amide bonds. The normalized spacial score (nSPS) is 22.6. The lowest BCUT2D eigenvalue weighted by Crippen LogP contribution is -2.45. The number of rotatable bonds is 7. The quantitative estimate of drug-likeness (QED) is 0.719. The summed E-state index contributed by atoms with van der Waals surface area (Å²) in [5.41, 5.74) is 0. The van der Waals surface area contributed by atoms with Crippen molar-refractivity contribution in [1.82, 2.24) is 14.3 Å². The highest BCUT2D eigenvalue weighted by Gasteiger charge is 2.31. The van der Waals surface area contributed by atoms with Crippen LogP contribution in [-0.4, -0.2) is 44.9 Å².